The van der Waals surface area contributed by atoms with E-state index in [2.05, 4.69) is 5.32 Å². The van der Waals surface area contributed by atoms with Gasteiger partial charge in [-0.1, -0.05) is 0 Å². The fourth-order valence-electron chi connectivity index (χ4n) is 3.20. The molecule has 1 N–H and O–H groups in total. The molecule has 0 radical (unpaired) electrons. The number of ether oxygens (including phenoxy) is 2. The van der Waals surface area contributed by atoms with Crippen molar-refractivity contribution in [3.05, 3.63) is 29.8 Å². The lowest BCUT2D eigenvalue weighted by molar-refractivity contribution is -0.150. The van der Waals surface area contributed by atoms with Crippen LogP contribution in [0.3, 0.4) is 0 Å². The summed E-state index contributed by atoms with van der Waals surface area (Å²) in [6.45, 7) is 2.60. The smallest absolute Gasteiger partial charge is 0.326 e. The molecule has 1 saturated heterocycles. The standard InChI is InChI=1S/C19H22N2O6/c1-11(16(23)12-4-8-14(26-3)9-5-12)27-15(22)10-21-17(24)19(2,13-6-7-13)20-18(21)25/h4-5,8-9,11,13H,6-7,10H2,1-3H3,(H,20,25)/t11-,19-/m1/s1. The molecule has 1 aromatic carbocycles. The zero-order valence-electron chi connectivity index (χ0n) is 15.5. The fraction of sp³-hybridized carbons (Fsp3) is 0.474. The van der Waals surface area contributed by atoms with Crippen molar-refractivity contribution in [2.75, 3.05) is 13.7 Å². The van der Waals surface area contributed by atoms with Crippen LogP contribution < -0.4 is 10.1 Å². The molecule has 1 aromatic rings. The summed E-state index contributed by atoms with van der Waals surface area (Å²) >= 11 is 0. The minimum Gasteiger partial charge on any atom is -0.497 e. The fourth-order valence-corrected chi connectivity index (χ4v) is 3.20. The first kappa shape index (κ1) is 18.9. The first-order chi connectivity index (χ1) is 12.8. The largest absolute Gasteiger partial charge is 0.497 e. The number of ketones is 1. The van der Waals surface area contributed by atoms with Crippen LogP contribution in [0.1, 0.15) is 37.0 Å². The Morgan fingerprint density at radius 1 is 1.26 bits per heavy atom. The van der Waals surface area contributed by atoms with Crippen LogP contribution in [-0.4, -0.2) is 53.9 Å². The van der Waals surface area contributed by atoms with E-state index in [0.29, 0.717) is 11.3 Å². The number of urea groups is 1. The number of hydrogen-bond donors (Lipinski definition) is 1. The monoisotopic (exact) mass is 374 g/mol. The van der Waals surface area contributed by atoms with Crippen LogP contribution in [-0.2, 0) is 14.3 Å². The summed E-state index contributed by atoms with van der Waals surface area (Å²) in [4.78, 5) is 50.0. The average molecular weight is 374 g/mol. The van der Waals surface area contributed by atoms with Gasteiger partial charge < -0.3 is 14.8 Å². The van der Waals surface area contributed by atoms with E-state index >= 15 is 0 Å². The lowest BCUT2D eigenvalue weighted by atomic mass is 9.96. The number of methoxy groups -OCH3 is 1. The lowest BCUT2D eigenvalue weighted by Crippen LogP contribution is -2.46. The van der Waals surface area contributed by atoms with Crippen LogP contribution in [0.25, 0.3) is 0 Å². The maximum absolute atomic E-state index is 12.5. The molecule has 2 atom stereocenters. The summed E-state index contributed by atoms with van der Waals surface area (Å²) in [5.41, 5.74) is -0.588. The molecule has 0 spiro atoms. The second-order valence-electron chi connectivity index (χ2n) is 7.02. The maximum Gasteiger partial charge on any atom is 0.326 e. The average Bonchev–Trinajstić information content (AvgIpc) is 3.47. The van der Waals surface area contributed by atoms with E-state index < -0.39 is 36.1 Å². The van der Waals surface area contributed by atoms with Gasteiger partial charge in [0.2, 0.25) is 5.78 Å². The molecule has 1 heterocycles. The number of benzene rings is 1. The number of nitrogens with one attached hydrogen (secondary N) is 1. The summed E-state index contributed by atoms with van der Waals surface area (Å²) < 4.78 is 10.2. The molecule has 8 nitrogen and oxygen atoms in total. The molecular formula is C19H22N2O6. The third kappa shape index (κ3) is 3.65. The van der Waals surface area contributed by atoms with Gasteiger partial charge in [-0.25, -0.2) is 4.79 Å². The molecule has 0 aromatic heterocycles. The lowest BCUT2D eigenvalue weighted by Gasteiger charge is -2.21. The van der Waals surface area contributed by atoms with Gasteiger partial charge in [-0.05, 0) is 56.9 Å². The third-order valence-corrected chi connectivity index (χ3v) is 5.03. The number of Topliss-reactive ketones (excluding diaryl/α,β-unsaturated/α-hetero) is 1. The number of amides is 3. The van der Waals surface area contributed by atoms with Gasteiger partial charge in [-0.2, -0.15) is 0 Å². The SMILES string of the molecule is COc1ccc(C(=O)[C@@H](C)OC(=O)CN2C(=O)N[C@](C)(C3CC3)C2=O)cc1. The van der Waals surface area contributed by atoms with Crippen LogP contribution in [0.15, 0.2) is 24.3 Å². The Morgan fingerprint density at radius 2 is 1.89 bits per heavy atom. The van der Waals surface area contributed by atoms with Crippen LogP contribution in [0.2, 0.25) is 0 Å². The predicted molar refractivity (Wildman–Crippen MR) is 94.3 cm³/mol. The molecule has 3 amide bonds. The molecular weight excluding hydrogens is 352 g/mol. The highest BCUT2D eigenvalue weighted by atomic mass is 16.5. The number of esters is 1. The van der Waals surface area contributed by atoms with Crippen LogP contribution in [0.5, 0.6) is 5.75 Å². The van der Waals surface area contributed by atoms with Gasteiger partial charge in [-0.3, -0.25) is 19.3 Å². The number of carbonyl (C=O) groups is 4. The normalized spacial score (nSPS) is 23.0. The Labute approximate surface area is 156 Å². The highest BCUT2D eigenvalue weighted by Crippen LogP contribution is 2.42. The minimum atomic E-state index is -1.04. The number of carbonyl (C=O) groups excluding carboxylic acids is 4. The quantitative estimate of drug-likeness (QED) is 0.441. The van der Waals surface area contributed by atoms with Crippen molar-refractivity contribution < 1.29 is 28.7 Å². The van der Waals surface area contributed by atoms with Crippen molar-refractivity contribution in [1.82, 2.24) is 10.2 Å². The Kier molecular flexibility index (Phi) is 4.91. The van der Waals surface area contributed by atoms with Gasteiger partial charge in [0.25, 0.3) is 5.91 Å². The molecule has 2 fully saturated rings. The van der Waals surface area contributed by atoms with Crippen LogP contribution >= 0.6 is 0 Å². The van der Waals surface area contributed by atoms with Crippen molar-refractivity contribution in [3.63, 3.8) is 0 Å². The topological polar surface area (TPSA) is 102 Å². The molecule has 0 unspecified atom stereocenters. The van der Waals surface area contributed by atoms with E-state index in [4.69, 9.17) is 9.47 Å². The number of nitrogens with zero attached hydrogens (tertiary/aromatic N) is 1. The Bertz CT molecular complexity index is 786. The van der Waals surface area contributed by atoms with Gasteiger partial charge in [0.1, 0.15) is 17.8 Å². The zero-order chi connectivity index (χ0) is 19.8. The van der Waals surface area contributed by atoms with Crippen molar-refractivity contribution in [2.45, 2.75) is 38.3 Å². The summed E-state index contributed by atoms with van der Waals surface area (Å²) in [6, 6.07) is 5.80. The van der Waals surface area contributed by atoms with E-state index in [9.17, 15) is 19.2 Å². The van der Waals surface area contributed by atoms with Crippen molar-refractivity contribution in [1.29, 1.82) is 0 Å². The van der Waals surface area contributed by atoms with E-state index in [1.165, 1.54) is 14.0 Å². The van der Waals surface area contributed by atoms with Gasteiger partial charge in [0.05, 0.1) is 7.11 Å². The molecule has 1 aliphatic heterocycles. The van der Waals surface area contributed by atoms with Gasteiger partial charge in [0, 0.05) is 5.56 Å². The molecule has 1 saturated carbocycles. The van der Waals surface area contributed by atoms with Crippen molar-refractivity contribution >= 4 is 23.7 Å². The van der Waals surface area contributed by atoms with E-state index in [-0.39, 0.29) is 11.7 Å². The third-order valence-electron chi connectivity index (χ3n) is 5.03. The molecule has 0 bridgehead atoms. The Hall–Kier alpha value is -2.90. The highest BCUT2D eigenvalue weighted by Gasteiger charge is 2.56. The molecule has 8 heteroatoms. The van der Waals surface area contributed by atoms with Crippen molar-refractivity contribution in [2.24, 2.45) is 5.92 Å². The van der Waals surface area contributed by atoms with Gasteiger partial charge in [-0.15, -0.1) is 0 Å². The van der Waals surface area contributed by atoms with Crippen molar-refractivity contribution in [3.8, 4) is 5.75 Å². The summed E-state index contributed by atoms with van der Waals surface area (Å²) in [5.74, 6) is -0.918. The van der Waals surface area contributed by atoms with E-state index in [1.54, 1.807) is 31.2 Å². The molecule has 144 valence electrons. The maximum atomic E-state index is 12.5. The van der Waals surface area contributed by atoms with Crippen LogP contribution in [0.4, 0.5) is 4.79 Å². The second-order valence-corrected chi connectivity index (χ2v) is 7.02. The second kappa shape index (κ2) is 7.02. The van der Waals surface area contributed by atoms with E-state index in [1.807, 2.05) is 0 Å². The minimum absolute atomic E-state index is 0.102. The number of rotatable bonds is 7. The molecule has 3 rings (SSSR count). The van der Waals surface area contributed by atoms with Crippen LogP contribution in [0, 0.1) is 5.92 Å². The predicted octanol–water partition coefficient (Wildman–Crippen LogP) is 1.53. The Morgan fingerprint density at radius 3 is 2.44 bits per heavy atom. The summed E-state index contributed by atoms with van der Waals surface area (Å²) in [5, 5.41) is 2.66. The van der Waals surface area contributed by atoms with Gasteiger partial charge >= 0.3 is 12.0 Å². The number of imide groups is 1. The Balaban J connectivity index is 1.59. The van der Waals surface area contributed by atoms with E-state index in [0.717, 1.165) is 17.7 Å². The first-order valence-electron chi connectivity index (χ1n) is 8.78. The molecule has 2 aliphatic rings. The summed E-state index contributed by atoms with van der Waals surface area (Å²) in [7, 11) is 1.52. The highest BCUT2D eigenvalue weighted by molar-refractivity contribution is 6.09. The molecule has 1 aliphatic carbocycles. The zero-order valence-corrected chi connectivity index (χ0v) is 15.5. The number of hydrogen-bond acceptors (Lipinski definition) is 6. The summed E-state index contributed by atoms with van der Waals surface area (Å²) in [6.07, 6.45) is 0.698. The first-order valence-corrected chi connectivity index (χ1v) is 8.78. The van der Waals surface area contributed by atoms with Gasteiger partial charge in [0.15, 0.2) is 6.10 Å². The molecule has 27 heavy (non-hydrogen) atoms.